The molecule has 3 aliphatic heterocycles. The van der Waals surface area contributed by atoms with Crippen LogP contribution in [0.25, 0.3) is 0 Å². The van der Waals surface area contributed by atoms with E-state index >= 15 is 0 Å². The molecule has 12 nitrogen and oxygen atoms in total. The number of aliphatic hydroxyl groups excluding tert-OH is 1. The fourth-order valence-corrected chi connectivity index (χ4v) is 6.37. The van der Waals surface area contributed by atoms with E-state index in [9.17, 15) is 29.1 Å². The van der Waals surface area contributed by atoms with Crippen LogP contribution < -0.4 is 10.6 Å². The monoisotopic (exact) mass is 597 g/mol. The van der Waals surface area contributed by atoms with E-state index in [-0.39, 0.29) is 49.8 Å². The molecule has 6 atom stereocenters. The van der Waals surface area contributed by atoms with Gasteiger partial charge in [-0.25, -0.2) is 0 Å². The van der Waals surface area contributed by atoms with Crippen molar-refractivity contribution < 1.29 is 33.8 Å². The number of amides is 5. The minimum absolute atomic E-state index is 0.0117. The number of carbonyl (C=O) groups is 5. The number of nitrogens with one attached hydrogen (secondary N) is 2. The molecular formula is C31H43N5O7. The number of hydrogen-bond donors (Lipinski definition) is 3. The molecule has 0 aromatic heterocycles. The molecule has 4 fully saturated rings. The lowest BCUT2D eigenvalue weighted by Gasteiger charge is -2.40. The molecule has 43 heavy (non-hydrogen) atoms. The fourth-order valence-electron chi connectivity index (χ4n) is 6.37. The van der Waals surface area contributed by atoms with E-state index in [1.54, 1.807) is 6.92 Å². The summed E-state index contributed by atoms with van der Waals surface area (Å²) in [6.45, 7) is 1.96. The van der Waals surface area contributed by atoms with E-state index in [0.29, 0.717) is 25.8 Å². The van der Waals surface area contributed by atoms with Gasteiger partial charge in [-0.2, -0.15) is 0 Å². The highest BCUT2D eigenvalue weighted by atomic mass is 16.5. The zero-order chi connectivity index (χ0) is 30.7. The van der Waals surface area contributed by atoms with Gasteiger partial charge in [0.05, 0.1) is 19.1 Å². The number of hydrogen-bond acceptors (Lipinski definition) is 7. The van der Waals surface area contributed by atoms with Crippen molar-refractivity contribution >= 4 is 29.5 Å². The van der Waals surface area contributed by atoms with Crippen LogP contribution >= 0.6 is 0 Å². The molecule has 0 spiro atoms. The summed E-state index contributed by atoms with van der Waals surface area (Å²) in [6.07, 6.45) is 2.09. The quantitative estimate of drug-likeness (QED) is 0.438. The van der Waals surface area contributed by atoms with Crippen LogP contribution in [-0.4, -0.2) is 119 Å². The average molecular weight is 598 g/mol. The first-order valence-electron chi connectivity index (χ1n) is 15.4. The molecule has 1 aromatic rings. The second-order valence-corrected chi connectivity index (χ2v) is 12.3. The minimum Gasteiger partial charge on any atom is -0.388 e. The lowest BCUT2D eigenvalue weighted by molar-refractivity contribution is -0.153. The summed E-state index contributed by atoms with van der Waals surface area (Å²) < 4.78 is 5.89. The summed E-state index contributed by atoms with van der Waals surface area (Å²) >= 11 is 0. The summed E-state index contributed by atoms with van der Waals surface area (Å²) in [5.41, 5.74) is 0.835. The fraction of sp³-hybridized carbons (Fsp3) is 0.645. The first-order chi connectivity index (χ1) is 20.6. The van der Waals surface area contributed by atoms with E-state index in [1.165, 1.54) is 21.7 Å². The van der Waals surface area contributed by atoms with Crippen LogP contribution in [0.3, 0.4) is 0 Å². The molecule has 12 heteroatoms. The summed E-state index contributed by atoms with van der Waals surface area (Å²) in [4.78, 5) is 72.1. The van der Waals surface area contributed by atoms with Crippen LogP contribution in [0, 0.1) is 5.92 Å². The molecule has 5 rings (SSSR count). The first-order valence-corrected chi connectivity index (χ1v) is 15.4. The Hall–Kier alpha value is -3.51. The standard InChI is InChI=1S/C31H43N5O7/c1-19-28(39)33-23(16-20-8-4-3-5-9-20)29(40)32-22-13-15-43-25(27(22)38)17-35(30(41)21-10-6-11-21)18-26(37)36-14-7-12-24(36)31(42)34(19)2/h3-5,8-9,19,21-25,27,38H,6-7,10-18H2,1-2H3,(H,32,40)(H,33,39)/t19-,22-,23-,24-,25+,27-/m0/s1. The highest BCUT2D eigenvalue weighted by Crippen LogP contribution is 2.29. The van der Waals surface area contributed by atoms with Crippen molar-refractivity contribution in [2.45, 2.75) is 88.2 Å². The Bertz CT molecular complexity index is 1210. The Morgan fingerprint density at radius 2 is 1.74 bits per heavy atom. The smallest absolute Gasteiger partial charge is 0.245 e. The van der Waals surface area contributed by atoms with E-state index in [1.807, 2.05) is 30.3 Å². The number of carbonyl (C=O) groups excluding carboxylic acids is 5. The Balaban J connectivity index is 1.46. The molecule has 0 unspecified atom stereocenters. The number of aliphatic hydroxyl groups is 1. The SMILES string of the molecule is C[C@H]1C(=O)N[C@@H](Cc2ccccc2)C(=O)N[C@H]2CCO[C@H](CN(C(=O)C3CCC3)CC(=O)N3CCC[C@H]3C(=O)N1C)[C@H]2O. The predicted octanol–water partition coefficient (Wildman–Crippen LogP) is -0.171. The second-order valence-electron chi connectivity index (χ2n) is 12.3. The van der Waals surface area contributed by atoms with Gasteiger partial charge in [-0.1, -0.05) is 36.8 Å². The molecule has 3 N–H and O–H groups in total. The lowest BCUT2D eigenvalue weighted by atomic mass is 9.84. The third-order valence-electron chi connectivity index (χ3n) is 9.46. The number of ether oxygens (including phenoxy) is 1. The Labute approximate surface area is 252 Å². The summed E-state index contributed by atoms with van der Waals surface area (Å²) in [5, 5.41) is 17.0. The van der Waals surface area contributed by atoms with Crippen molar-refractivity contribution in [1.29, 1.82) is 0 Å². The number of benzene rings is 1. The number of rotatable bonds is 3. The van der Waals surface area contributed by atoms with Crippen LogP contribution in [0.1, 0.15) is 51.0 Å². The van der Waals surface area contributed by atoms with Gasteiger partial charge >= 0.3 is 0 Å². The van der Waals surface area contributed by atoms with Gasteiger partial charge in [0.1, 0.15) is 30.3 Å². The molecule has 5 amide bonds. The lowest BCUT2D eigenvalue weighted by Crippen LogP contribution is -2.60. The summed E-state index contributed by atoms with van der Waals surface area (Å²) in [7, 11) is 1.53. The van der Waals surface area contributed by atoms with E-state index in [2.05, 4.69) is 10.6 Å². The van der Waals surface area contributed by atoms with Crippen molar-refractivity contribution in [2.75, 3.05) is 33.3 Å². The van der Waals surface area contributed by atoms with Crippen molar-refractivity contribution in [2.24, 2.45) is 5.92 Å². The Morgan fingerprint density at radius 1 is 1.00 bits per heavy atom. The van der Waals surface area contributed by atoms with Crippen LogP contribution in [0.2, 0.25) is 0 Å². The van der Waals surface area contributed by atoms with Gasteiger partial charge < -0.3 is 35.2 Å². The molecule has 1 aromatic carbocycles. The van der Waals surface area contributed by atoms with Crippen LogP contribution in [0.5, 0.6) is 0 Å². The number of likely N-dealkylation sites (N-methyl/N-ethyl adjacent to an activating group) is 1. The molecule has 1 saturated carbocycles. The molecule has 234 valence electrons. The third-order valence-corrected chi connectivity index (χ3v) is 9.46. The topological polar surface area (TPSA) is 149 Å². The van der Waals surface area contributed by atoms with Gasteiger partial charge in [0.25, 0.3) is 0 Å². The van der Waals surface area contributed by atoms with Crippen LogP contribution in [0.15, 0.2) is 30.3 Å². The molecule has 0 radical (unpaired) electrons. The van der Waals surface area contributed by atoms with E-state index in [4.69, 9.17) is 4.74 Å². The maximum absolute atomic E-state index is 13.6. The molecular weight excluding hydrogens is 554 g/mol. The largest absolute Gasteiger partial charge is 0.388 e. The van der Waals surface area contributed by atoms with Gasteiger partial charge in [-0.3, -0.25) is 24.0 Å². The third kappa shape index (κ3) is 6.85. The molecule has 2 bridgehead atoms. The zero-order valence-electron chi connectivity index (χ0n) is 24.9. The maximum Gasteiger partial charge on any atom is 0.245 e. The van der Waals surface area contributed by atoms with Crippen LogP contribution in [-0.2, 0) is 35.1 Å². The van der Waals surface area contributed by atoms with Crippen molar-refractivity contribution in [3.05, 3.63) is 35.9 Å². The highest BCUT2D eigenvalue weighted by Gasteiger charge is 2.42. The van der Waals surface area contributed by atoms with Gasteiger partial charge in [-0.15, -0.1) is 0 Å². The summed E-state index contributed by atoms with van der Waals surface area (Å²) in [6, 6.07) is 5.96. The molecule has 3 saturated heterocycles. The van der Waals surface area contributed by atoms with E-state index < -0.39 is 48.2 Å². The summed E-state index contributed by atoms with van der Waals surface area (Å²) in [5.74, 6) is -2.03. The highest BCUT2D eigenvalue weighted by molar-refractivity contribution is 5.95. The minimum atomic E-state index is -1.14. The van der Waals surface area contributed by atoms with Gasteiger partial charge in [-0.05, 0) is 44.6 Å². The van der Waals surface area contributed by atoms with Crippen molar-refractivity contribution in [1.82, 2.24) is 25.3 Å². The predicted molar refractivity (Wildman–Crippen MR) is 155 cm³/mol. The average Bonchev–Trinajstić information content (AvgIpc) is 3.46. The molecule has 1 aliphatic carbocycles. The van der Waals surface area contributed by atoms with Crippen LogP contribution in [0.4, 0.5) is 0 Å². The van der Waals surface area contributed by atoms with Crippen molar-refractivity contribution in [3.63, 3.8) is 0 Å². The van der Waals surface area contributed by atoms with Crippen molar-refractivity contribution in [3.8, 4) is 0 Å². The number of fused-ring (bicyclic) bond motifs is 3. The van der Waals surface area contributed by atoms with Gasteiger partial charge in [0.2, 0.25) is 29.5 Å². The van der Waals surface area contributed by atoms with Gasteiger partial charge in [0.15, 0.2) is 0 Å². The van der Waals surface area contributed by atoms with Gasteiger partial charge in [0, 0.05) is 32.5 Å². The Kier molecular flexibility index (Phi) is 9.65. The number of nitrogens with zero attached hydrogens (tertiary/aromatic N) is 3. The maximum atomic E-state index is 13.6. The second kappa shape index (κ2) is 13.4. The Morgan fingerprint density at radius 3 is 2.44 bits per heavy atom. The first kappa shape index (κ1) is 30.9. The molecule has 3 heterocycles. The zero-order valence-corrected chi connectivity index (χ0v) is 24.9. The normalized spacial score (nSPS) is 31.6. The van der Waals surface area contributed by atoms with E-state index in [0.717, 1.165) is 24.8 Å². The molecule has 4 aliphatic rings.